The van der Waals surface area contributed by atoms with Gasteiger partial charge in [0.2, 0.25) is 0 Å². The number of urea groups is 1. The molecule has 0 aliphatic heterocycles. The topological polar surface area (TPSA) is 41.1 Å². The number of nitrogens with one attached hydrogen (secondary N) is 2. The lowest BCUT2D eigenvalue weighted by Crippen LogP contribution is -2.32. The monoisotopic (exact) mass is 308 g/mol. The second-order valence-corrected chi connectivity index (χ2v) is 5.44. The molecular weight excluding hydrogens is 292 g/mol. The van der Waals surface area contributed by atoms with Crippen molar-refractivity contribution in [1.82, 2.24) is 10.6 Å². The van der Waals surface area contributed by atoms with Crippen molar-refractivity contribution in [3.05, 3.63) is 46.1 Å². The largest absolute Gasteiger partial charge is 0.334 e. The molecule has 0 radical (unpaired) electrons. The van der Waals surface area contributed by atoms with Gasteiger partial charge < -0.3 is 10.6 Å². The van der Waals surface area contributed by atoms with Gasteiger partial charge in [0.15, 0.2) is 0 Å². The third-order valence-electron chi connectivity index (χ3n) is 3.05. The molecule has 0 atom stereocenters. The van der Waals surface area contributed by atoms with Crippen LogP contribution in [0.3, 0.4) is 0 Å². The average Bonchev–Trinajstić information content (AvgIpc) is 3.19. The number of benzene rings is 1. The van der Waals surface area contributed by atoms with Crippen molar-refractivity contribution in [3.63, 3.8) is 0 Å². The van der Waals surface area contributed by atoms with Crippen molar-refractivity contribution < 1.29 is 4.79 Å². The Labute approximate surface area is 116 Å². The number of hydrogen-bond acceptors (Lipinski definition) is 1. The number of amides is 2. The Morgan fingerprint density at radius 2 is 2.17 bits per heavy atom. The minimum Gasteiger partial charge on any atom is -0.334 e. The Hall–Kier alpha value is -1.29. The molecule has 0 bridgehead atoms. The Balaban J connectivity index is 1.78. The number of hydrogen-bond donors (Lipinski definition) is 2. The maximum Gasteiger partial charge on any atom is 0.319 e. The standard InChI is InChI=1S/C14H17BrN2O/c1-10(11-6-7-11)8-16-14(18)17-9-12-4-2-3-5-13(12)15/h2-5,8,11H,6-7,9H2,1H3,(H2,16,17,18)/b10-8+. The molecule has 0 heterocycles. The van der Waals surface area contributed by atoms with Gasteiger partial charge in [-0.05, 0) is 37.3 Å². The van der Waals surface area contributed by atoms with E-state index < -0.39 is 0 Å². The number of carbonyl (C=O) groups is 1. The van der Waals surface area contributed by atoms with Crippen molar-refractivity contribution in [1.29, 1.82) is 0 Å². The highest BCUT2D eigenvalue weighted by Gasteiger charge is 2.22. The van der Waals surface area contributed by atoms with Gasteiger partial charge in [-0.25, -0.2) is 4.79 Å². The first-order chi connectivity index (χ1) is 8.66. The first-order valence-electron chi connectivity index (χ1n) is 6.11. The number of carbonyl (C=O) groups excluding carboxylic acids is 1. The Morgan fingerprint density at radius 1 is 1.44 bits per heavy atom. The molecule has 0 saturated heterocycles. The molecular formula is C14H17BrN2O. The second kappa shape index (κ2) is 6.05. The molecule has 2 amide bonds. The predicted octanol–water partition coefficient (Wildman–Crippen LogP) is 3.56. The fourth-order valence-corrected chi connectivity index (χ4v) is 2.13. The highest BCUT2D eigenvalue weighted by atomic mass is 79.9. The normalized spacial score (nSPS) is 15.3. The van der Waals surface area contributed by atoms with Crippen LogP contribution in [-0.4, -0.2) is 6.03 Å². The lowest BCUT2D eigenvalue weighted by atomic mass is 10.2. The minimum atomic E-state index is -0.161. The van der Waals surface area contributed by atoms with Crippen molar-refractivity contribution in [2.45, 2.75) is 26.3 Å². The molecule has 4 heteroatoms. The van der Waals surface area contributed by atoms with Crippen LogP contribution in [0.2, 0.25) is 0 Å². The summed E-state index contributed by atoms with van der Waals surface area (Å²) < 4.78 is 1.01. The Morgan fingerprint density at radius 3 is 2.83 bits per heavy atom. The third-order valence-corrected chi connectivity index (χ3v) is 3.82. The summed E-state index contributed by atoms with van der Waals surface area (Å²) in [4.78, 5) is 11.6. The Kier molecular flexibility index (Phi) is 4.42. The number of allylic oxidation sites excluding steroid dienone is 1. The van der Waals surface area contributed by atoms with Gasteiger partial charge in [0, 0.05) is 17.2 Å². The zero-order valence-electron chi connectivity index (χ0n) is 10.4. The van der Waals surface area contributed by atoms with Crippen molar-refractivity contribution >= 4 is 22.0 Å². The van der Waals surface area contributed by atoms with Crippen LogP contribution >= 0.6 is 15.9 Å². The van der Waals surface area contributed by atoms with E-state index in [0.29, 0.717) is 12.5 Å². The lowest BCUT2D eigenvalue weighted by molar-refractivity contribution is 0.243. The fraction of sp³-hybridized carbons (Fsp3) is 0.357. The van der Waals surface area contributed by atoms with E-state index >= 15 is 0 Å². The quantitative estimate of drug-likeness (QED) is 0.877. The van der Waals surface area contributed by atoms with E-state index in [0.717, 1.165) is 10.0 Å². The second-order valence-electron chi connectivity index (χ2n) is 4.58. The summed E-state index contributed by atoms with van der Waals surface area (Å²) in [5, 5.41) is 5.60. The van der Waals surface area contributed by atoms with Gasteiger partial charge in [-0.2, -0.15) is 0 Å². The molecule has 18 heavy (non-hydrogen) atoms. The van der Waals surface area contributed by atoms with Gasteiger partial charge in [0.25, 0.3) is 0 Å². The summed E-state index contributed by atoms with van der Waals surface area (Å²) in [6.07, 6.45) is 4.32. The van der Waals surface area contributed by atoms with E-state index in [1.165, 1.54) is 18.4 Å². The van der Waals surface area contributed by atoms with E-state index in [2.05, 4.69) is 33.5 Å². The molecule has 1 aliphatic carbocycles. The van der Waals surface area contributed by atoms with E-state index in [1.54, 1.807) is 0 Å². The molecule has 2 rings (SSSR count). The molecule has 1 fully saturated rings. The number of halogens is 1. The molecule has 1 aromatic rings. The van der Waals surface area contributed by atoms with Crippen molar-refractivity contribution in [2.75, 3.05) is 0 Å². The minimum absolute atomic E-state index is 0.161. The first kappa shape index (κ1) is 13.1. The van der Waals surface area contributed by atoms with Gasteiger partial charge in [0.05, 0.1) is 0 Å². The summed E-state index contributed by atoms with van der Waals surface area (Å²) >= 11 is 3.45. The predicted molar refractivity (Wildman–Crippen MR) is 76.0 cm³/mol. The van der Waals surface area contributed by atoms with E-state index in [1.807, 2.05) is 30.5 Å². The van der Waals surface area contributed by atoms with E-state index in [4.69, 9.17) is 0 Å². The molecule has 0 spiro atoms. The molecule has 0 unspecified atom stereocenters. The maximum atomic E-state index is 11.6. The highest BCUT2D eigenvalue weighted by Crippen LogP contribution is 2.35. The van der Waals surface area contributed by atoms with Crippen molar-refractivity contribution in [2.24, 2.45) is 5.92 Å². The SMILES string of the molecule is C/C(=C\NC(=O)NCc1ccccc1Br)C1CC1. The zero-order chi connectivity index (χ0) is 13.0. The third kappa shape index (κ3) is 3.88. The molecule has 2 N–H and O–H groups in total. The van der Waals surface area contributed by atoms with Gasteiger partial charge in [-0.3, -0.25) is 0 Å². The molecule has 1 aromatic carbocycles. The van der Waals surface area contributed by atoms with Crippen LogP contribution in [0.25, 0.3) is 0 Å². The van der Waals surface area contributed by atoms with E-state index in [-0.39, 0.29) is 6.03 Å². The smallest absolute Gasteiger partial charge is 0.319 e. The van der Waals surface area contributed by atoms with Crippen LogP contribution in [0.4, 0.5) is 4.79 Å². The molecule has 1 saturated carbocycles. The van der Waals surface area contributed by atoms with E-state index in [9.17, 15) is 4.79 Å². The highest BCUT2D eigenvalue weighted by molar-refractivity contribution is 9.10. The first-order valence-corrected chi connectivity index (χ1v) is 6.90. The van der Waals surface area contributed by atoms with Gasteiger partial charge in [0.1, 0.15) is 0 Å². The molecule has 1 aliphatic rings. The van der Waals surface area contributed by atoms with Gasteiger partial charge in [-0.1, -0.05) is 39.7 Å². The summed E-state index contributed by atoms with van der Waals surface area (Å²) in [5.74, 6) is 0.688. The average molecular weight is 309 g/mol. The van der Waals surface area contributed by atoms with Crippen molar-refractivity contribution in [3.8, 4) is 0 Å². The van der Waals surface area contributed by atoms with Crippen LogP contribution in [0.15, 0.2) is 40.5 Å². The molecule has 3 nitrogen and oxygen atoms in total. The van der Waals surface area contributed by atoms with Crippen LogP contribution in [0, 0.1) is 5.92 Å². The van der Waals surface area contributed by atoms with Crippen LogP contribution in [0.1, 0.15) is 25.3 Å². The summed E-state index contributed by atoms with van der Waals surface area (Å²) in [5.41, 5.74) is 2.32. The molecule has 96 valence electrons. The maximum absolute atomic E-state index is 11.6. The van der Waals surface area contributed by atoms with Crippen LogP contribution in [-0.2, 0) is 6.54 Å². The summed E-state index contributed by atoms with van der Waals surface area (Å²) in [6, 6.07) is 7.69. The Bertz CT molecular complexity index is 467. The fourth-order valence-electron chi connectivity index (χ4n) is 1.70. The molecule has 0 aromatic heterocycles. The zero-order valence-corrected chi connectivity index (χ0v) is 12.0. The van der Waals surface area contributed by atoms with Gasteiger partial charge >= 0.3 is 6.03 Å². The lowest BCUT2D eigenvalue weighted by Gasteiger charge is -2.07. The summed E-state index contributed by atoms with van der Waals surface area (Å²) in [7, 11) is 0. The van der Waals surface area contributed by atoms with Crippen LogP contribution in [0.5, 0.6) is 0 Å². The van der Waals surface area contributed by atoms with Crippen LogP contribution < -0.4 is 10.6 Å². The van der Waals surface area contributed by atoms with Gasteiger partial charge in [-0.15, -0.1) is 0 Å². The number of rotatable bonds is 4. The summed E-state index contributed by atoms with van der Waals surface area (Å²) in [6.45, 7) is 2.58.